The standard InChI is InChI=1S/C16H32N2O2/c1-13-11-18(2)9-8-16(13)17-10-14(19)12-20-15-6-4-3-5-7-15/h13-17,19H,3-12H2,1-2H3. The molecule has 0 aromatic carbocycles. The van der Waals surface area contributed by atoms with E-state index < -0.39 is 0 Å². The SMILES string of the molecule is CC1CN(C)CCC1NCC(O)COC1CCCCC1. The summed E-state index contributed by atoms with van der Waals surface area (Å²) in [6.07, 6.45) is 7.45. The Balaban J connectivity index is 1.58. The Morgan fingerprint density at radius 1 is 1.25 bits per heavy atom. The van der Waals surface area contributed by atoms with Crippen LogP contribution in [0.4, 0.5) is 0 Å². The van der Waals surface area contributed by atoms with Crippen LogP contribution < -0.4 is 5.32 Å². The maximum Gasteiger partial charge on any atom is 0.0897 e. The lowest BCUT2D eigenvalue weighted by Crippen LogP contribution is -2.49. The van der Waals surface area contributed by atoms with Crippen LogP contribution in [-0.2, 0) is 4.74 Å². The first-order chi connectivity index (χ1) is 9.65. The summed E-state index contributed by atoms with van der Waals surface area (Å²) in [4.78, 5) is 2.38. The van der Waals surface area contributed by atoms with Gasteiger partial charge in [-0.2, -0.15) is 0 Å². The minimum atomic E-state index is -0.371. The Hall–Kier alpha value is -0.160. The predicted molar refractivity (Wildman–Crippen MR) is 81.9 cm³/mol. The molecule has 3 unspecified atom stereocenters. The van der Waals surface area contributed by atoms with E-state index in [4.69, 9.17) is 4.74 Å². The summed E-state index contributed by atoms with van der Waals surface area (Å²) in [6, 6.07) is 0.538. The summed E-state index contributed by atoms with van der Waals surface area (Å²) in [6.45, 7) is 5.73. The molecule has 4 heteroatoms. The smallest absolute Gasteiger partial charge is 0.0897 e. The number of aliphatic hydroxyl groups is 1. The molecule has 1 saturated carbocycles. The van der Waals surface area contributed by atoms with Crippen LogP contribution in [0.5, 0.6) is 0 Å². The molecule has 0 aromatic rings. The molecule has 0 spiro atoms. The molecule has 1 aliphatic carbocycles. The summed E-state index contributed by atoms with van der Waals surface area (Å²) in [5.41, 5.74) is 0. The molecule has 0 amide bonds. The maximum absolute atomic E-state index is 10.1. The summed E-state index contributed by atoms with van der Waals surface area (Å²) in [5, 5.41) is 13.6. The first-order valence-electron chi connectivity index (χ1n) is 8.36. The van der Waals surface area contributed by atoms with Crippen LogP contribution in [0.2, 0.25) is 0 Å². The normalized spacial score (nSPS) is 31.4. The van der Waals surface area contributed by atoms with E-state index in [1.165, 1.54) is 38.5 Å². The number of piperidine rings is 1. The Kier molecular flexibility index (Phi) is 6.75. The molecule has 1 aliphatic heterocycles. The highest BCUT2D eigenvalue weighted by atomic mass is 16.5. The molecule has 0 aromatic heterocycles. The average molecular weight is 284 g/mol. The first kappa shape index (κ1) is 16.2. The van der Waals surface area contributed by atoms with Gasteiger partial charge in [-0.25, -0.2) is 0 Å². The number of ether oxygens (including phenoxy) is 1. The van der Waals surface area contributed by atoms with Crippen molar-refractivity contribution in [2.24, 2.45) is 5.92 Å². The van der Waals surface area contributed by atoms with Crippen LogP contribution in [-0.4, -0.2) is 61.5 Å². The van der Waals surface area contributed by atoms with Crippen LogP contribution in [0, 0.1) is 5.92 Å². The second-order valence-electron chi connectivity index (χ2n) is 6.79. The summed E-state index contributed by atoms with van der Waals surface area (Å²) >= 11 is 0. The highest BCUT2D eigenvalue weighted by molar-refractivity contribution is 4.82. The number of nitrogens with zero attached hydrogens (tertiary/aromatic N) is 1. The zero-order chi connectivity index (χ0) is 14.4. The van der Waals surface area contributed by atoms with Crippen molar-refractivity contribution in [1.82, 2.24) is 10.2 Å². The average Bonchev–Trinajstić information content (AvgIpc) is 2.45. The zero-order valence-corrected chi connectivity index (χ0v) is 13.2. The van der Waals surface area contributed by atoms with Gasteiger partial charge in [0.15, 0.2) is 0 Å². The molecular formula is C16H32N2O2. The van der Waals surface area contributed by atoms with Crippen molar-refractivity contribution in [2.45, 2.75) is 63.7 Å². The van der Waals surface area contributed by atoms with Crippen LogP contribution >= 0.6 is 0 Å². The van der Waals surface area contributed by atoms with Gasteiger partial charge < -0.3 is 20.1 Å². The number of nitrogens with one attached hydrogen (secondary N) is 1. The predicted octanol–water partition coefficient (Wildman–Crippen LogP) is 1.63. The molecule has 3 atom stereocenters. The fourth-order valence-electron chi connectivity index (χ4n) is 3.48. The maximum atomic E-state index is 10.1. The van der Waals surface area contributed by atoms with E-state index >= 15 is 0 Å². The van der Waals surface area contributed by atoms with Crippen molar-refractivity contribution in [3.05, 3.63) is 0 Å². The van der Waals surface area contributed by atoms with Gasteiger partial charge in [0.1, 0.15) is 0 Å². The highest BCUT2D eigenvalue weighted by Gasteiger charge is 2.24. The Morgan fingerprint density at radius 3 is 2.70 bits per heavy atom. The third kappa shape index (κ3) is 5.32. The van der Waals surface area contributed by atoms with Crippen molar-refractivity contribution in [1.29, 1.82) is 0 Å². The van der Waals surface area contributed by atoms with Gasteiger partial charge in [0.2, 0.25) is 0 Å². The van der Waals surface area contributed by atoms with Gasteiger partial charge in [-0.05, 0) is 38.8 Å². The van der Waals surface area contributed by atoms with Gasteiger partial charge in [0.25, 0.3) is 0 Å². The molecular weight excluding hydrogens is 252 g/mol. The van der Waals surface area contributed by atoms with Gasteiger partial charge >= 0.3 is 0 Å². The lowest BCUT2D eigenvalue weighted by molar-refractivity contribution is -0.0246. The lowest BCUT2D eigenvalue weighted by atomic mass is 9.94. The Labute approximate surface area is 123 Å². The number of likely N-dealkylation sites (tertiary alicyclic amines) is 1. The minimum absolute atomic E-state index is 0.371. The third-order valence-corrected chi connectivity index (χ3v) is 4.80. The number of aliphatic hydroxyl groups excluding tert-OH is 1. The molecule has 0 radical (unpaired) electrons. The van der Waals surface area contributed by atoms with Gasteiger partial charge in [0.05, 0.1) is 18.8 Å². The number of hydrogen-bond acceptors (Lipinski definition) is 4. The molecule has 2 N–H and O–H groups in total. The van der Waals surface area contributed by atoms with Crippen molar-refractivity contribution in [3.63, 3.8) is 0 Å². The van der Waals surface area contributed by atoms with E-state index in [9.17, 15) is 5.11 Å². The molecule has 2 fully saturated rings. The van der Waals surface area contributed by atoms with Crippen molar-refractivity contribution < 1.29 is 9.84 Å². The second-order valence-corrected chi connectivity index (χ2v) is 6.79. The molecule has 1 saturated heterocycles. The quantitative estimate of drug-likeness (QED) is 0.778. The minimum Gasteiger partial charge on any atom is -0.389 e. The summed E-state index contributed by atoms with van der Waals surface area (Å²) in [5.74, 6) is 0.653. The molecule has 0 bridgehead atoms. The Bertz CT molecular complexity index is 269. The third-order valence-electron chi connectivity index (χ3n) is 4.80. The van der Waals surface area contributed by atoms with E-state index in [0.29, 0.717) is 31.2 Å². The topological polar surface area (TPSA) is 44.7 Å². The summed E-state index contributed by atoms with van der Waals surface area (Å²) in [7, 11) is 2.18. The summed E-state index contributed by atoms with van der Waals surface area (Å²) < 4.78 is 5.83. The van der Waals surface area contributed by atoms with E-state index in [0.717, 1.165) is 13.1 Å². The van der Waals surface area contributed by atoms with E-state index in [2.05, 4.69) is 24.2 Å². The number of hydrogen-bond donors (Lipinski definition) is 2. The molecule has 4 nitrogen and oxygen atoms in total. The largest absolute Gasteiger partial charge is 0.389 e. The molecule has 2 aliphatic rings. The van der Waals surface area contributed by atoms with Gasteiger partial charge in [0, 0.05) is 19.1 Å². The second kappa shape index (κ2) is 8.32. The van der Waals surface area contributed by atoms with Gasteiger partial charge in [-0.15, -0.1) is 0 Å². The van der Waals surface area contributed by atoms with Crippen LogP contribution in [0.3, 0.4) is 0 Å². The first-order valence-corrected chi connectivity index (χ1v) is 8.36. The van der Waals surface area contributed by atoms with E-state index in [-0.39, 0.29) is 6.10 Å². The van der Waals surface area contributed by atoms with Crippen LogP contribution in [0.25, 0.3) is 0 Å². The Morgan fingerprint density at radius 2 is 2.00 bits per heavy atom. The zero-order valence-electron chi connectivity index (χ0n) is 13.2. The van der Waals surface area contributed by atoms with Crippen LogP contribution in [0.15, 0.2) is 0 Å². The molecule has 1 heterocycles. The fraction of sp³-hybridized carbons (Fsp3) is 1.00. The highest BCUT2D eigenvalue weighted by Crippen LogP contribution is 2.20. The molecule has 118 valence electrons. The molecule has 20 heavy (non-hydrogen) atoms. The fourth-order valence-corrected chi connectivity index (χ4v) is 3.48. The number of rotatable bonds is 6. The molecule has 2 rings (SSSR count). The van der Waals surface area contributed by atoms with Crippen molar-refractivity contribution in [3.8, 4) is 0 Å². The monoisotopic (exact) mass is 284 g/mol. The van der Waals surface area contributed by atoms with E-state index in [1.54, 1.807) is 0 Å². The lowest BCUT2D eigenvalue weighted by Gasteiger charge is -2.35. The van der Waals surface area contributed by atoms with Crippen molar-refractivity contribution >= 4 is 0 Å². The van der Waals surface area contributed by atoms with Crippen LogP contribution in [0.1, 0.15) is 45.4 Å². The van der Waals surface area contributed by atoms with E-state index in [1.807, 2.05) is 0 Å². The van der Waals surface area contributed by atoms with Gasteiger partial charge in [-0.1, -0.05) is 26.2 Å². The van der Waals surface area contributed by atoms with Gasteiger partial charge in [-0.3, -0.25) is 0 Å². The van der Waals surface area contributed by atoms with Crippen molar-refractivity contribution in [2.75, 3.05) is 33.3 Å².